The summed E-state index contributed by atoms with van der Waals surface area (Å²) in [6, 6.07) is 9.59. The summed E-state index contributed by atoms with van der Waals surface area (Å²) in [4.78, 5) is 12.2. The normalized spacial score (nSPS) is 10.7. The predicted octanol–water partition coefficient (Wildman–Crippen LogP) is 1.86. The highest BCUT2D eigenvalue weighted by molar-refractivity contribution is 5.95. The Morgan fingerprint density at radius 1 is 1.00 bits per heavy atom. The van der Waals surface area contributed by atoms with Crippen molar-refractivity contribution in [3.05, 3.63) is 42.7 Å². The van der Waals surface area contributed by atoms with E-state index in [2.05, 4.69) is 15.0 Å². The van der Waals surface area contributed by atoms with Crippen LogP contribution in [-0.2, 0) is 0 Å². The van der Waals surface area contributed by atoms with Crippen LogP contribution < -0.4 is 11.5 Å². The van der Waals surface area contributed by atoms with Crippen molar-refractivity contribution in [1.82, 2.24) is 15.0 Å². The molecule has 0 bridgehead atoms. The second-order valence-corrected chi connectivity index (χ2v) is 3.94. The molecule has 0 saturated carbocycles. The topological polar surface area (TPSA) is 90.7 Å². The van der Waals surface area contributed by atoms with Crippen LogP contribution in [0.5, 0.6) is 0 Å². The van der Waals surface area contributed by atoms with Gasteiger partial charge in [0.2, 0.25) is 5.95 Å². The van der Waals surface area contributed by atoms with E-state index in [1.165, 1.54) is 0 Å². The molecule has 2 heterocycles. The van der Waals surface area contributed by atoms with Gasteiger partial charge >= 0.3 is 0 Å². The Kier molecular flexibility index (Phi) is 2.30. The molecule has 4 N–H and O–H groups in total. The Morgan fingerprint density at radius 3 is 2.72 bits per heavy atom. The summed E-state index contributed by atoms with van der Waals surface area (Å²) in [7, 11) is 0. The van der Waals surface area contributed by atoms with E-state index >= 15 is 0 Å². The SMILES string of the molecule is Nc1cc(-c2cccc3cnccc23)nc(N)n1. The molecule has 0 aliphatic carbocycles. The Labute approximate surface area is 104 Å². The molecule has 0 unspecified atom stereocenters. The van der Waals surface area contributed by atoms with Gasteiger partial charge in [0.15, 0.2) is 0 Å². The Bertz CT molecular complexity index is 698. The number of hydrogen-bond donors (Lipinski definition) is 2. The van der Waals surface area contributed by atoms with Gasteiger partial charge in [-0.15, -0.1) is 0 Å². The second-order valence-electron chi connectivity index (χ2n) is 3.94. The van der Waals surface area contributed by atoms with Gasteiger partial charge in [-0.25, -0.2) is 4.98 Å². The Morgan fingerprint density at radius 2 is 1.89 bits per heavy atom. The number of nitrogens with two attached hydrogens (primary N) is 2. The maximum atomic E-state index is 5.70. The van der Waals surface area contributed by atoms with E-state index in [1.54, 1.807) is 12.3 Å². The van der Waals surface area contributed by atoms with E-state index in [0.29, 0.717) is 5.82 Å². The van der Waals surface area contributed by atoms with Gasteiger partial charge < -0.3 is 11.5 Å². The number of anilines is 2. The van der Waals surface area contributed by atoms with E-state index in [4.69, 9.17) is 11.5 Å². The van der Waals surface area contributed by atoms with Crippen LogP contribution in [0.15, 0.2) is 42.7 Å². The van der Waals surface area contributed by atoms with Gasteiger partial charge in [0.1, 0.15) is 5.82 Å². The number of fused-ring (bicyclic) bond motifs is 1. The smallest absolute Gasteiger partial charge is 0.222 e. The van der Waals surface area contributed by atoms with Gasteiger partial charge in [0.25, 0.3) is 0 Å². The van der Waals surface area contributed by atoms with Crippen LogP contribution in [0.1, 0.15) is 0 Å². The van der Waals surface area contributed by atoms with Gasteiger partial charge in [-0.2, -0.15) is 4.98 Å². The first-order valence-corrected chi connectivity index (χ1v) is 5.47. The summed E-state index contributed by atoms with van der Waals surface area (Å²) >= 11 is 0. The molecular formula is C13H11N5. The minimum Gasteiger partial charge on any atom is -0.384 e. The van der Waals surface area contributed by atoms with Crippen LogP contribution in [0.25, 0.3) is 22.0 Å². The van der Waals surface area contributed by atoms with E-state index in [0.717, 1.165) is 22.0 Å². The zero-order valence-corrected chi connectivity index (χ0v) is 9.54. The zero-order valence-electron chi connectivity index (χ0n) is 9.54. The molecule has 0 spiro atoms. The molecule has 0 amide bonds. The number of nitrogens with zero attached hydrogens (tertiary/aromatic N) is 3. The van der Waals surface area contributed by atoms with Crippen molar-refractivity contribution in [2.24, 2.45) is 0 Å². The first-order chi connectivity index (χ1) is 8.74. The standard InChI is InChI=1S/C13H11N5/c14-12-6-11(17-13(15)18-12)10-3-1-2-8-7-16-5-4-9(8)10/h1-7H,(H4,14,15,17,18). The second kappa shape index (κ2) is 3.96. The number of benzene rings is 1. The number of aromatic nitrogens is 3. The molecule has 3 rings (SSSR count). The average molecular weight is 237 g/mol. The van der Waals surface area contributed by atoms with E-state index in [1.807, 2.05) is 30.5 Å². The quantitative estimate of drug-likeness (QED) is 0.674. The average Bonchev–Trinajstić information content (AvgIpc) is 2.37. The minimum atomic E-state index is 0.177. The van der Waals surface area contributed by atoms with Crippen molar-refractivity contribution in [3.8, 4) is 11.3 Å². The predicted molar refractivity (Wildman–Crippen MR) is 71.6 cm³/mol. The van der Waals surface area contributed by atoms with Crippen LogP contribution >= 0.6 is 0 Å². The van der Waals surface area contributed by atoms with Crippen LogP contribution in [0, 0.1) is 0 Å². The molecular weight excluding hydrogens is 226 g/mol. The molecule has 0 fully saturated rings. The minimum absolute atomic E-state index is 0.177. The number of pyridine rings is 1. The Hall–Kier alpha value is -2.69. The molecule has 1 aromatic carbocycles. The summed E-state index contributed by atoms with van der Waals surface area (Å²) in [5.74, 6) is 0.541. The summed E-state index contributed by atoms with van der Waals surface area (Å²) < 4.78 is 0. The van der Waals surface area contributed by atoms with Gasteiger partial charge in [-0.05, 0) is 11.5 Å². The molecule has 0 saturated heterocycles. The van der Waals surface area contributed by atoms with E-state index in [-0.39, 0.29) is 5.95 Å². The van der Waals surface area contributed by atoms with Gasteiger partial charge in [-0.3, -0.25) is 4.98 Å². The number of nitrogen functional groups attached to an aromatic ring is 2. The molecule has 5 heteroatoms. The fourth-order valence-corrected chi connectivity index (χ4v) is 1.97. The Balaban J connectivity index is 2.31. The highest BCUT2D eigenvalue weighted by atomic mass is 15.0. The fourth-order valence-electron chi connectivity index (χ4n) is 1.97. The lowest BCUT2D eigenvalue weighted by Crippen LogP contribution is -2.00. The van der Waals surface area contributed by atoms with Gasteiger partial charge in [-0.1, -0.05) is 18.2 Å². The van der Waals surface area contributed by atoms with Crippen LogP contribution in [0.4, 0.5) is 11.8 Å². The summed E-state index contributed by atoms with van der Waals surface area (Å²) in [6.07, 6.45) is 3.56. The van der Waals surface area contributed by atoms with Crippen LogP contribution in [-0.4, -0.2) is 15.0 Å². The molecule has 0 radical (unpaired) electrons. The lowest BCUT2D eigenvalue weighted by Gasteiger charge is -2.06. The van der Waals surface area contributed by atoms with Gasteiger partial charge in [0.05, 0.1) is 5.69 Å². The lowest BCUT2D eigenvalue weighted by molar-refractivity contribution is 1.20. The molecule has 3 aromatic rings. The zero-order chi connectivity index (χ0) is 12.5. The van der Waals surface area contributed by atoms with Crippen molar-refractivity contribution in [2.75, 3.05) is 11.5 Å². The molecule has 5 nitrogen and oxygen atoms in total. The molecule has 0 aliphatic rings. The third-order valence-electron chi connectivity index (χ3n) is 2.72. The summed E-state index contributed by atoms with van der Waals surface area (Å²) in [5.41, 5.74) is 13.0. The third-order valence-corrected chi connectivity index (χ3v) is 2.72. The highest BCUT2D eigenvalue weighted by Crippen LogP contribution is 2.27. The monoisotopic (exact) mass is 237 g/mol. The van der Waals surface area contributed by atoms with Crippen molar-refractivity contribution in [2.45, 2.75) is 0 Å². The van der Waals surface area contributed by atoms with Crippen molar-refractivity contribution in [1.29, 1.82) is 0 Å². The maximum absolute atomic E-state index is 5.70. The largest absolute Gasteiger partial charge is 0.384 e. The van der Waals surface area contributed by atoms with E-state index in [9.17, 15) is 0 Å². The molecule has 18 heavy (non-hydrogen) atoms. The first-order valence-electron chi connectivity index (χ1n) is 5.47. The molecule has 2 aromatic heterocycles. The van der Waals surface area contributed by atoms with Gasteiger partial charge in [0, 0.05) is 29.4 Å². The van der Waals surface area contributed by atoms with Crippen LogP contribution in [0.2, 0.25) is 0 Å². The fraction of sp³-hybridized carbons (Fsp3) is 0. The number of hydrogen-bond acceptors (Lipinski definition) is 5. The highest BCUT2D eigenvalue weighted by Gasteiger charge is 2.07. The maximum Gasteiger partial charge on any atom is 0.222 e. The number of rotatable bonds is 1. The first kappa shape index (κ1) is 10.5. The molecule has 0 aliphatic heterocycles. The van der Waals surface area contributed by atoms with Crippen LogP contribution in [0.3, 0.4) is 0 Å². The lowest BCUT2D eigenvalue weighted by atomic mass is 10.0. The van der Waals surface area contributed by atoms with Crippen molar-refractivity contribution in [3.63, 3.8) is 0 Å². The molecule has 0 atom stereocenters. The van der Waals surface area contributed by atoms with Crippen molar-refractivity contribution >= 4 is 22.5 Å². The summed E-state index contributed by atoms with van der Waals surface area (Å²) in [5, 5.41) is 2.11. The summed E-state index contributed by atoms with van der Waals surface area (Å²) in [6.45, 7) is 0. The van der Waals surface area contributed by atoms with E-state index < -0.39 is 0 Å². The third kappa shape index (κ3) is 1.71. The van der Waals surface area contributed by atoms with Crippen molar-refractivity contribution < 1.29 is 0 Å². The molecule has 88 valence electrons.